The SMILES string of the molecule is CC(C)(C)[C@H](O)[C@H](O)C(C)(C)C. The minimum absolute atomic E-state index is 0.257. The maximum atomic E-state index is 9.74. The van der Waals surface area contributed by atoms with E-state index in [4.69, 9.17) is 0 Å². The van der Waals surface area contributed by atoms with Gasteiger partial charge in [-0.2, -0.15) is 0 Å². The topological polar surface area (TPSA) is 40.5 Å². The van der Waals surface area contributed by atoms with Gasteiger partial charge in [0.2, 0.25) is 0 Å². The van der Waals surface area contributed by atoms with Crippen LogP contribution in [-0.2, 0) is 0 Å². The molecular formula is C10H22O2. The number of hydrogen-bond acceptors (Lipinski definition) is 2. The van der Waals surface area contributed by atoms with E-state index in [0.29, 0.717) is 0 Å². The molecule has 0 saturated carbocycles. The van der Waals surface area contributed by atoms with Gasteiger partial charge in [0.05, 0.1) is 12.2 Å². The maximum absolute atomic E-state index is 9.74. The van der Waals surface area contributed by atoms with Crippen molar-refractivity contribution in [3.8, 4) is 0 Å². The zero-order chi connectivity index (χ0) is 10.2. The molecular weight excluding hydrogens is 152 g/mol. The first kappa shape index (κ1) is 11.9. The molecule has 0 aliphatic heterocycles. The highest BCUT2D eigenvalue weighted by Crippen LogP contribution is 2.30. The highest BCUT2D eigenvalue weighted by atomic mass is 16.3. The third-order valence-electron chi connectivity index (χ3n) is 2.07. The van der Waals surface area contributed by atoms with Crippen LogP contribution in [0.3, 0.4) is 0 Å². The van der Waals surface area contributed by atoms with Crippen LogP contribution in [0.2, 0.25) is 0 Å². The predicted molar refractivity (Wildman–Crippen MR) is 50.9 cm³/mol. The van der Waals surface area contributed by atoms with Gasteiger partial charge in [-0.15, -0.1) is 0 Å². The molecule has 0 saturated heterocycles. The summed E-state index contributed by atoms with van der Waals surface area (Å²) in [6.07, 6.45) is -1.34. The quantitative estimate of drug-likeness (QED) is 0.636. The molecule has 12 heavy (non-hydrogen) atoms. The highest BCUT2D eigenvalue weighted by Gasteiger charge is 2.36. The molecule has 2 atom stereocenters. The fraction of sp³-hybridized carbons (Fsp3) is 1.00. The van der Waals surface area contributed by atoms with Crippen LogP contribution in [0.25, 0.3) is 0 Å². The average Bonchev–Trinajstić information content (AvgIpc) is 1.80. The Morgan fingerprint density at radius 1 is 0.667 bits per heavy atom. The fourth-order valence-electron chi connectivity index (χ4n) is 0.947. The van der Waals surface area contributed by atoms with Crippen molar-refractivity contribution in [1.29, 1.82) is 0 Å². The molecule has 74 valence electrons. The monoisotopic (exact) mass is 174 g/mol. The molecule has 0 aliphatic rings. The van der Waals surface area contributed by atoms with E-state index >= 15 is 0 Å². The van der Waals surface area contributed by atoms with Gasteiger partial charge in [-0.1, -0.05) is 41.5 Å². The molecule has 0 radical (unpaired) electrons. The molecule has 0 spiro atoms. The molecule has 2 N–H and O–H groups in total. The minimum Gasteiger partial charge on any atom is -0.390 e. The van der Waals surface area contributed by atoms with Crippen LogP contribution in [-0.4, -0.2) is 22.4 Å². The predicted octanol–water partition coefficient (Wildman–Crippen LogP) is 1.80. The van der Waals surface area contributed by atoms with Crippen LogP contribution in [0.1, 0.15) is 41.5 Å². The summed E-state index contributed by atoms with van der Waals surface area (Å²) in [7, 11) is 0. The average molecular weight is 174 g/mol. The molecule has 0 rings (SSSR count). The van der Waals surface area contributed by atoms with E-state index in [1.807, 2.05) is 41.5 Å². The van der Waals surface area contributed by atoms with Crippen molar-refractivity contribution in [2.45, 2.75) is 53.8 Å². The molecule has 0 aromatic carbocycles. The normalized spacial score (nSPS) is 19.0. The van der Waals surface area contributed by atoms with Crippen LogP contribution in [0.5, 0.6) is 0 Å². The summed E-state index contributed by atoms with van der Waals surface area (Å²) in [6, 6.07) is 0. The van der Waals surface area contributed by atoms with Gasteiger partial charge in [-0.3, -0.25) is 0 Å². The van der Waals surface area contributed by atoms with Gasteiger partial charge < -0.3 is 10.2 Å². The Kier molecular flexibility index (Phi) is 3.32. The van der Waals surface area contributed by atoms with E-state index in [9.17, 15) is 10.2 Å². The van der Waals surface area contributed by atoms with Crippen LogP contribution in [0.15, 0.2) is 0 Å². The van der Waals surface area contributed by atoms with Crippen molar-refractivity contribution >= 4 is 0 Å². The molecule has 2 heteroatoms. The zero-order valence-corrected chi connectivity index (χ0v) is 9.05. The number of aliphatic hydroxyl groups excluding tert-OH is 2. The van der Waals surface area contributed by atoms with Crippen molar-refractivity contribution in [3.05, 3.63) is 0 Å². The smallest absolute Gasteiger partial charge is 0.0852 e. The summed E-state index contributed by atoms with van der Waals surface area (Å²) in [5.41, 5.74) is -0.514. The Balaban J connectivity index is 4.41. The van der Waals surface area contributed by atoms with Crippen molar-refractivity contribution in [2.75, 3.05) is 0 Å². The van der Waals surface area contributed by atoms with Crippen LogP contribution in [0, 0.1) is 10.8 Å². The molecule has 0 aromatic rings. The largest absolute Gasteiger partial charge is 0.390 e. The van der Waals surface area contributed by atoms with Gasteiger partial charge >= 0.3 is 0 Å². The van der Waals surface area contributed by atoms with E-state index in [1.54, 1.807) is 0 Å². The first-order chi connectivity index (χ1) is 5.07. The number of aliphatic hydroxyl groups is 2. The first-order valence-electron chi connectivity index (χ1n) is 4.43. The Bertz CT molecular complexity index is 121. The molecule has 0 aromatic heterocycles. The molecule has 2 nitrogen and oxygen atoms in total. The second-order valence-electron chi connectivity index (χ2n) is 5.62. The summed E-state index contributed by atoms with van der Waals surface area (Å²) in [6.45, 7) is 11.5. The molecule has 0 unspecified atom stereocenters. The van der Waals surface area contributed by atoms with Crippen LogP contribution < -0.4 is 0 Å². The van der Waals surface area contributed by atoms with Crippen LogP contribution in [0.4, 0.5) is 0 Å². The van der Waals surface area contributed by atoms with Gasteiger partial charge in [0.15, 0.2) is 0 Å². The van der Waals surface area contributed by atoms with E-state index in [2.05, 4.69) is 0 Å². The highest BCUT2D eigenvalue weighted by molar-refractivity contribution is 4.86. The number of hydrogen-bond donors (Lipinski definition) is 2. The lowest BCUT2D eigenvalue weighted by Crippen LogP contribution is -2.44. The van der Waals surface area contributed by atoms with Gasteiger partial charge in [-0.25, -0.2) is 0 Å². The zero-order valence-electron chi connectivity index (χ0n) is 9.05. The van der Waals surface area contributed by atoms with Crippen molar-refractivity contribution < 1.29 is 10.2 Å². The first-order valence-corrected chi connectivity index (χ1v) is 4.43. The van der Waals surface area contributed by atoms with Crippen LogP contribution >= 0.6 is 0 Å². The summed E-state index contributed by atoms with van der Waals surface area (Å²) >= 11 is 0. The Hall–Kier alpha value is -0.0800. The fourth-order valence-corrected chi connectivity index (χ4v) is 0.947. The Morgan fingerprint density at radius 3 is 0.917 bits per heavy atom. The van der Waals surface area contributed by atoms with E-state index in [-0.39, 0.29) is 10.8 Å². The Morgan fingerprint density at radius 2 is 0.833 bits per heavy atom. The molecule has 0 fully saturated rings. The van der Waals surface area contributed by atoms with Crippen molar-refractivity contribution in [3.63, 3.8) is 0 Å². The van der Waals surface area contributed by atoms with Gasteiger partial charge in [0.25, 0.3) is 0 Å². The van der Waals surface area contributed by atoms with Gasteiger partial charge in [0.1, 0.15) is 0 Å². The standard InChI is InChI=1S/C10H22O2/c1-9(2,3)7(11)8(12)10(4,5)6/h7-8,11-12H,1-6H3/t7-,8+. The maximum Gasteiger partial charge on any atom is 0.0852 e. The lowest BCUT2D eigenvalue weighted by molar-refractivity contribution is -0.0908. The molecule has 0 aliphatic carbocycles. The molecule has 0 amide bonds. The number of rotatable bonds is 1. The lowest BCUT2D eigenvalue weighted by Gasteiger charge is -2.37. The van der Waals surface area contributed by atoms with Crippen molar-refractivity contribution in [2.24, 2.45) is 10.8 Å². The van der Waals surface area contributed by atoms with Crippen molar-refractivity contribution in [1.82, 2.24) is 0 Å². The second-order valence-corrected chi connectivity index (χ2v) is 5.62. The summed E-state index contributed by atoms with van der Waals surface area (Å²) in [5, 5.41) is 19.5. The van der Waals surface area contributed by atoms with E-state index < -0.39 is 12.2 Å². The van der Waals surface area contributed by atoms with E-state index in [0.717, 1.165) is 0 Å². The van der Waals surface area contributed by atoms with Gasteiger partial charge in [0, 0.05) is 0 Å². The summed E-state index contributed by atoms with van der Waals surface area (Å²) in [4.78, 5) is 0. The molecule has 0 heterocycles. The third-order valence-corrected chi connectivity index (χ3v) is 2.07. The van der Waals surface area contributed by atoms with E-state index in [1.165, 1.54) is 0 Å². The second kappa shape index (κ2) is 3.35. The summed E-state index contributed by atoms with van der Waals surface area (Å²) < 4.78 is 0. The minimum atomic E-state index is -0.669. The third kappa shape index (κ3) is 3.11. The summed E-state index contributed by atoms with van der Waals surface area (Å²) in [5.74, 6) is 0. The lowest BCUT2D eigenvalue weighted by atomic mass is 9.76. The van der Waals surface area contributed by atoms with Gasteiger partial charge in [-0.05, 0) is 10.8 Å². The Labute approximate surface area is 75.6 Å². The molecule has 0 bridgehead atoms.